The molecule has 2 atom stereocenters. The minimum atomic E-state index is -6.19. The predicted octanol–water partition coefficient (Wildman–Crippen LogP) is 7.23. The van der Waals surface area contributed by atoms with E-state index < -0.39 is 56.9 Å². The standard InChI is InChI=1S/C30H31F5N4O7S2/c1-15-14-38(28(40)45-29(3,4)5)16(2)21-13-20(37-39(15)21)25-24(23-19(32)11-17(31)12-22(23)44-9-8-43-6)26-18(7-10-47-26)27(36-25)46-48(41,42)30(33,34)35/h7,10-13,15-16H,8-9,14H2,1-6H3. The van der Waals surface area contributed by atoms with E-state index in [1.165, 1.54) is 29.5 Å². The van der Waals surface area contributed by atoms with Gasteiger partial charge in [0.1, 0.15) is 41.0 Å². The molecule has 1 aromatic carbocycles. The second-order valence-electron chi connectivity index (χ2n) is 11.9. The first-order chi connectivity index (χ1) is 22.3. The van der Waals surface area contributed by atoms with Gasteiger partial charge < -0.3 is 18.4 Å². The minimum Gasteiger partial charge on any atom is -0.490 e. The molecule has 5 rings (SSSR count). The van der Waals surface area contributed by atoms with Crippen molar-refractivity contribution >= 4 is 37.6 Å². The van der Waals surface area contributed by atoms with Crippen molar-refractivity contribution in [1.82, 2.24) is 19.7 Å². The molecule has 0 saturated heterocycles. The molecule has 0 aliphatic carbocycles. The molecule has 11 nitrogen and oxygen atoms in total. The molecule has 18 heteroatoms. The molecular formula is C30H31F5N4O7S2. The van der Waals surface area contributed by atoms with Crippen molar-refractivity contribution in [2.75, 3.05) is 26.9 Å². The number of carbonyl (C=O) groups is 1. The first-order valence-electron chi connectivity index (χ1n) is 14.5. The number of aromatic nitrogens is 3. The quantitative estimate of drug-likeness (QED) is 0.0804. The van der Waals surface area contributed by atoms with E-state index in [0.29, 0.717) is 11.8 Å². The maximum Gasteiger partial charge on any atom is 0.534 e. The van der Waals surface area contributed by atoms with E-state index in [4.69, 9.17) is 14.2 Å². The van der Waals surface area contributed by atoms with E-state index in [2.05, 4.69) is 14.3 Å². The number of fused-ring (bicyclic) bond motifs is 2. The van der Waals surface area contributed by atoms with Gasteiger partial charge in [0, 0.05) is 31.4 Å². The van der Waals surface area contributed by atoms with Gasteiger partial charge in [-0.15, -0.1) is 11.3 Å². The normalized spacial score (nSPS) is 17.0. The molecule has 0 spiro atoms. The lowest BCUT2D eigenvalue weighted by Gasteiger charge is -2.38. The van der Waals surface area contributed by atoms with Crippen LogP contribution < -0.4 is 8.92 Å². The topological polar surface area (TPSA) is 122 Å². The third-order valence-corrected chi connectivity index (χ3v) is 9.14. The Morgan fingerprint density at radius 1 is 1.08 bits per heavy atom. The summed E-state index contributed by atoms with van der Waals surface area (Å²) in [4.78, 5) is 18.8. The highest BCUT2D eigenvalue weighted by Crippen LogP contribution is 2.48. The highest BCUT2D eigenvalue weighted by atomic mass is 32.2. The van der Waals surface area contributed by atoms with Gasteiger partial charge in [-0.2, -0.15) is 26.7 Å². The maximum absolute atomic E-state index is 15.9. The Labute approximate surface area is 276 Å². The molecule has 260 valence electrons. The number of thiophene rings is 1. The van der Waals surface area contributed by atoms with Crippen LogP contribution in [-0.2, 0) is 19.6 Å². The van der Waals surface area contributed by atoms with Crippen LogP contribution in [-0.4, -0.2) is 72.2 Å². The number of hydrogen-bond acceptors (Lipinski definition) is 10. The maximum atomic E-state index is 15.9. The van der Waals surface area contributed by atoms with Crippen molar-refractivity contribution in [2.24, 2.45) is 0 Å². The lowest BCUT2D eigenvalue weighted by atomic mass is 9.98. The van der Waals surface area contributed by atoms with Crippen LogP contribution in [0.5, 0.6) is 11.6 Å². The largest absolute Gasteiger partial charge is 0.534 e. The molecule has 1 amide bonds. The first-order valence-corrected chi connectivity index (χ1v) is 16.7. The Balaban J connectivity index is 1.77. The lowest BCUT2D eigenvalue weighted by molar-refractivity contribution is -0.0500. The number of pyridine rings is 1. The summed E-state index contributed by atoms with van der Waals surface area (Å²) in [5.41, 5.74) is -6.80. The van der Waals surface area contributed by atoms with E-state index in [9.17, 15) is 30.8 Å². The number of methoxy groups -OCH3 is 1. The van der Waals surface area contributed by atoms with Gasteiger partial charge in [0.2, 0.25) is 5.88 Å². The lowest BCUT2D eigenvalue weighted by Crippen LogP contribution is -2.45. The van der Waals surface area contributed by atoms with E-state index in [1.807, 2.05) is 0 Å². The number of hydrogen-bond donors (Lipinski definition) is 0. The number of ether oxygens (including phenoxy) is 3. The summed E-state index contributed by atoms with van der Waals surface area (Å²) in [5, 5.41) is 5.86. The van der Waals surface area contributed by atoms with Crippen LogP contribution >= 0.6 is 11.3 Å². The van der Waals surface area contributed by atoms with Crippen LogP contribution in [0.2, 0.25) is 0 Å². The number of carbonyl (C=O) groups excluding carboxylic acids is 1. The molecular weight excluding hydrogens is 687 g/mol. The van der Waals surface area contributed by atoms with Crippen molar-refractivity contribution in [1.29, 1.82) is 0 Å². The summed E-state index contributed by atoms with van der Waals surface area (Å²) in [6, 6.07) is 3.22. The van der Waals surface area contributed by atoms with Crippen LogP contribution in [0.4, 0.5) is 26.7 Å². The van der Waals surface area contributed by atoms with E-state index >= 15 is 4.39 Å². The summed E-state index contributed by atoms with van der Waals surface area (Å²) >= 11 is 0.920. The van der Waals surface area contributed by atoms with Crippen LogP contribution in [0.25, 0.3) is 32.6 Å². The molecule has 3 aromatic heterocycles. The van der Waals surface area contributed by atoms with Crippen molar-refractivity contribution in [3.8, 4) is 34.1 Å². The van der Waals surface area contributed by atoms with Gasteiger partial charge in [0.05, 0.1) is 40.0 Å². The first kappa shape index (κ1) is 35.3. The van der Waals surface area contributed by atoms with Crippen LogP contribution in [0.1, 0.15) is 52.4 Å². The van der Waals surface area contributed by atoms with E-state index in [0.717, 1.165) is 17.4 Å². The molecule has 48 heavy (non-hydrogen) atoms. The molecule has 4 heterocycles. The Morgan fingerprint density at radius 3 is 2.44 bits per heavy atom. The monoisotopic (exact) mass is 718 g/mol. The minimum absolute atomic E-state index is 0.0270. The summed E-state index contributed by atoms with van der Waals surface area (Å²) in [6.07, 6.45) is -0.589. The highest BCUT2D eigenvalue weighted by molar-refractivity contribution is 7.88. The van der Waals surface area contributed by atoms with Gasteiger partial charge in [-0.1, -0.05) is 0 Å². The molecule has 2 unspecified atom stereocenters. The van der Waals surface area contributed by atoms with Crippen LogP contribution in [0.3, 0.4) is 0 Å². The number of rotatable bonds is 8. The molecule has 4 aromatic rings. The van der Waals surface area contributed by atoms with Gasteiger partial charge >= 0.3 is 21.7 Å². The summed E-state index contributed by atoms with van der Waals surface area (Å²) in [7, 11) is -4.79. The van der Waals surface area contributed by atoms with Crippen molar-refractivity contribution in [3.63, 3.8) is 0 Å². The molecule has 0 radical (unpaired) electrons. The zero-order valence-electron chi connectivity index (χ0n) is 26.5. The number of amides is 1. The number of halogens is 5. The Bertz CT molecular complexity index is 1970. The Kier molecular flexibility index (Phi) is 9.39. The van der Waals surface area contributed by atoms with Crippen molar-refractivity contribution in [3.05, 3.63) is 47.0 Å². The van der Waals surface area contributed by atoms with Gasteiger partial charge in [-0.3, -0.25) is 9.58 Å². The molecule has 0 N–H and O–H groups in total. The van der Waals surface area contributed by atoms with Gasteiger partial charge in [0.25, 0.3) is 0 Å². The number of alkyl halides is 3. The second kappa shape index (κ2) is 12.8. The van der Waals surface area contributed by atoms with E-state index in [-0.39, 0.29) is 58.1 Å². The van der Waals surface area contributed by atoms with Crippen molar-refractivity contribution in [2.45, 2.75) is 57.8 Å². The highest BCUT2D eigenvalue weighted by Gasteiger charge is 2.49. The number of benzene rings is 1. The SMILES string of the molecule is COCCOc1cc(F)cc(F)c1-c1c(-c2cc3n(n2)C(C)CN(C(=O)OC(C)(C)C)C3C)nc(OS(=O)(=O)C(F)(F)F)c2ccsc12. The van der Waals surface area contributed by atoms with Gasteiger partial charge in [-0.25, -0.2) is 18.6 Å². The van der Waals surface area contributed by atoms with E-state index in [1.54, 1.807) is 39.3 Å². The summed E-state index contributed by atoms with van der Waals surface area (Å²) in [5.74, 6) is -3.28. The van der Waals surface area contributed by atoms with Crippen LogP contribution in [0, 0.1) is 11.6 Å². The summed E-state index contributed by atoms with van der Waals surface area (Å²) in [6.45, 7) is 8.76. The molecule has 1 aliphatic rings. The van der Waals surface area contributed by atoms with Gasteiger partial charge in [-0.05, 0) is 52.1 Å². The fourth-order valence-corrected chi connectivity index (χ4v) is 6.56. The Morgan fingerprint density at radius 2 is 1.79 bits per heavy atom. The molecule has 1 aliphatic heterocycles. The molecule has 0 fully saturated rings. The average molecular weight is 719 g/mol. The molecule has 0 saturated carbocycles. The van der Waals surface area contributed by atoms with Crippen molar-refractivity contribution < 1.29 is 53.6 Å². The fourth-order valence-electron chi connectivity index (χ4n) is 5.19. The third kappa shape index (κ3) is 6.78. The second-order valence-corrected chi connectivity index (χ2v) is 14.4. The average Bonchev–Trinajstić information content (AvgIpc) is 3.63. The summed E-state index contributed by atoms with van der Waals surface area (Å²) < 4.78 is 117. The smallest absolute Gasteiger partial charge is 0.490 e. The third-order valence-electron chi connectivity index (χ3n) is 7.27. The zero-order chi connectivity index (χ0) is 35.3. The Hall–Kier alpha value is -4.03. The molecule has 0 bridgehead atoms. The fraction of sp³-hybridized carbons (Fsp3) is 0.433. The predicted molar refractivity (Wildman–Crippen MR) is 165 cm³/mol. The van der Waals surface area contributed by atoms with Gasteiger partial charge in [0.15, 0.2) is 0 Å². The van der Waals surface area contributed by atoms with Crippen LogP contribution in [0.15, 0.2) is 29.6 Å². The number of nitrogens with zero attached hydrogens (tertiary/aromatic N) is 4. The zero-order valence-corrected chi connectivity index (χ0v) is 28.1.